The summed E-state index contributed by atoms with van der Waals surface area (Å²) in [6.45, 7) is 2.11. The molecule has 0 heterocycles. The summed E-state index contributed by atoms with van der Waals surface area (Å²) in [6.07, 6.45) is 18.2. The molecule has 0 aliphatic heterocycles. The van der Waals surface area contributed by atoms with Crippen molar-refractivity contribution in [1.82, 2.24) is 0 Å². The zero-order valence-electron chi connectivity index (χ0n) is 10.5. The first-order valence-corrected chi connectivity index (χ1v) is 6.99. The number of Topliss-reactive ketones (excluding diaryl/α,β-unsaturated/α-hetero) is 1. The van der Waals surface area contributed by atoms with Crippen molar-refractivity contribution in [1.29, 1.82) is 0 Å². The van der Waals surface area contributed by atoms with Crippen LogP contribution < -0.4 is 0 Å². The summed E-state index contributed by atoms with van der Waals surface area (Å²) < 4.78 is 0. The van der Waals surface area contributed by atoms with E-state index in [4.69, 9.17) is 0 Å². The van der Waals surface area contributed by atoms with Gasteiger partial charge in [0.2, 0.25) is 0 Å². The SMILES string of the molecule is CCSCCC(=O)[C]1[CH][CH][CH][CH]1.[CH]1[CH][CH][CH][CH]1.[Fe+2]. The molecule has 0 spiro atoms. The number of thioether (sulfide) groups is 1. The molecule has 2 rings (SSSR count). The molecule has 2 fully saturated rings. The molecule has 0 aromatic rings. The second-order valence-corrected chi connectivity index (χ2v) is 4.90. The number of ketones is 1. The van der Waals surface area contributed by atoms with Crippen molar-refractivity contribution in [3.63, 3.8) is 0 Å². The maximum Gasteiger partial charge on any atom is 2.00 e. The number of carbonyl (C=O) groups excluding carboxylic acids is 1. The van der Waals surface area contributed by atoms with Gasteiger partial charge >= 0.3 is 17.1 Å². The van der Waals surface area contributed by atoms with Gasteiger partial charge in [0.1, 0.15) is 5.78 Å². The summed E-state index contributed by atoms with van der Waals surface area (Å²) >= 11 is 1.81. The van der Waals surface area contributed by atoms with Gasteiger partial charge in [-0.25, -0.2) is 0 Å². The topological polar surface area (TPSA) is 17.1 Å². The summed E-state index contributed by atoms with van der Waals surface area (Å²) in [4.78, 5) is 11.4. The molecule has 0 aromatic carbocycles. The summed E-state index contributed by atoms with van der Waals surface area (Å²) in [5.41, 5.74) is 0. The molecule has 0 atom stereocenters. The second kappa shape index (κ2) is 12.6. The van der Waals surface area contributed by atoms with E-state index in [1.54, 1.807) is 0 Å². The summed E-state index contributed by atoms with van der Waals surface area (Å²) in [5.74, 6) is 3.15. The van der Waals surface area contributed by atoms with Gasteiger partial charge in [0.15, 0.2) is 0 Å². The van der Waals surface area contributed by atoms with Crippen molar-refractivity contribution in [2.24, 2.45) is 0 Å². The fraction of sp³-hybridized carbons (Fsp3) is 0.267. The Kier molecular flexibility index (Phi) is 12.9. The summed E-state index contributed by atoms with van der Waals surface area (Å²) in [6, 6.07) is 0. The van der Waals surface area contributed by atoms with Gasteiger partial charge in [-0.15, -0.1) is 0 Å². The molecular formula is C15H18FeOS+2. The molecule has 0 bridgehead atoms. The molecule has 1 nitrogen and oxygen atoms in total. The van der Waals surface area contributed by atoms with Gasteiger partial charge in [0.05, 0.1) is 0 Å². The van der Waals surface area contributed by atoms with Crippen LogP contribution in [0.4, 0.5) is 0 Å². The Labute approximate surface area is 128 Å². The molecule has 10 radical (unpaired) electrons. The van der Waals surface area contributed by atoms with Crippen LogP contribution in [-0.2, 0) is 21.9 Å². The van der Waals surface area contributed by atoms with Crippen LogP contribution >= 0.6 is 11.8 Å². The van der Waals surface area contributed by atoms with Gasteiger partial charge in [0.25, 0.3) is 0 Å². The van der Waals surface area contributed by atoms with Crippen molar-refractivity contribution in [2.75, 3.05) is 11.5 Å². The first kappa shape index (κ1) is 18.5. The van der Waals surface area contributed by atoms with Gasteiger partial charge in [-0.05, 0) is 63.5 Å². The van der Waals surface area contributed by atoms with E-state index in [2.05, 4.69) is 6.92 Å². The fourth-order valence-electron chi connectivity index (χ4n) is 1.33. The van der Waals surface area contributed by atoms with Crippen LogP contribution in [0.1, 0.15) is 13.3 Å². The largest absolute Gasteiger partial charge is 2.00 e. The molecule has 96 valence electrons. The van der Waals surface area contributed by atoms with Crippen LogP contribution in [0.25, 0.3) is 0 Å². The van der Waals surface area contributed by atoms with Crippen molar-refractivity contribution >= 4 is 17.5 Å². The Balaban J connectivity index is 0.000000405. The third-order valence-electron chi connectivity index (χ3n) is 2.22. The molecule has 0 unspecified atom stereocenters. The van der Waals surface area contributed by atoms with E-state index >= 15 is 0 Å². The minimum Gasteiger partial charge on any atom is -0.299 e. The average molecular weight is 302 g/mol. The molecule has 0 aromatic heterocycles. The average Bonchev–Trinajstić information content (AvgIpc) is 3.05. The second-order valence-electron chi connectivity index (χ2n) is 3.51. The maximum absolute atomic E-state index is 11.4. The molecule has 0 saturated heterocycles. The van der Waals surface area contributed by atoms with Gasteiger partial charge in [-0.2, -0.15) is 11.8 Å². The van der Waals surface area contributed by atoms with E-state index in [9.17, 15) is 4.79 Å². The first-order valence-electron chi connectivity index (χ1n) is 5.84. The van der Waals surface area contributed by atoms with Crippen LogP contribution in [0.3, 0.4) is 0 Å². The predicted molar refractivity (Wildman–Crippen MR) is 74.6 cm³/mol. The number of rotatable bonds is 5. The Bertz CT molecular complexity index is 191. The molecule has 2 aliphatic rings. The third kappa shape index (κ3) is 8.61. The molecule has 0 amide bonds. The third-order valence-corrected chi connectivity index (χ3v) is 3.12. The van der Waals surface area contributed by atoms with E-state index in [0.717, 1.165) is 17.4 Å². The van der Waals surface area contributed by atoms with E-state index in [1.807, 2.05) is 69.5 Å². The zero-order valence-corrected chi connectivity index (χ0v) is 12.4. The minimum absolute atomic E-state index is 0. The van der Waals surface area contributed by atoms with Crippen LogP contribution in [0.15, 0.2) is 0 Å². The summed E-state index contributed by atoms with van der Waals surface area (Å²) in [5, 5.41) is 0. The van der Waals surface area contributed by atoms with E-state index < -0.39 is 0 Å². The standard InChI is InChI=1S/C10H13OS.C5H5.Fe/c1-2-12-8-7-10(11)9-5-3-4-6-9;1-2-4-5-3-1;/h3-6H,2,7-8H2,1H3;1-5H;/q;;+2. The van der Waals surface area contributed by atoms with Gasteiger partial charge in [-0.3, -0.25) is 4.79 Å². The van der Waals surface area contributed by atoms with Crippen molar-refractivity contribution in [3.8, 4) is 0 Å². The van der Waals surface area contributed by atoms with Crippen molar-refractivity contribution in [2.45, 2.75) is 13.3 Å². The first-order chi connectivity index (χ1) is 8.34. The zero-order chi connectivity index (χ0) is 12.3. The smallest absolute Gasteiger partial charge is 0.299 e. The number of hydrogen-bond donors (Lipinski definition) is 0. The summed E-state index contributed by atoms with van der Waals surface area (Å²) in [7, 11) is 0. The molecule has 18 heavy (non-hydrogen) atoms. The number of carbonyl (C=O) groups is 1. The normalized spacial score (nSPS) is 18.9. The van der Waals surface area contributed by atoms with E-state index in [-0.39, 0.29) is 22.9 Å². The van der Waals surface area contributed by atoms with Gasteiger partial charge in [0, 0.05) is 18.1 Å². The fourth-order valence-corrected chi connectivity index (χ4v) is 1.95. The van der Waals surface area contributed by atoms with Crippen LogP contribution in [-0.4, -0.2) is 17.3 Å². The van der Waals surface area contributed by atoms with Crippen LogP contribution in [0.2, 0.25) is 0 Å². The maximum atomic E-state index is 11.4. The predicted octanol–water partition coefficient (Wildman–Crippen LogP) is 3.12. The monoisotopic (exact) mass is 302 g/mol. The molecular weight excluding hydrogens is 284 g/mol. The molecule has 2 saturated carbocycles. The van der Waals surface area contributed by atoms with Crippen LogP contribution in [0, 0.1) is 63.7 Å². The Morgan fingerprint density at radius 3 is 1.94 bits per heavy atom. The van der Waals surface area contributed by atoms with Crippen molar-refractivity contribution in [3.05, 3.63) is 63.7 Å². The number of hydrogen-bond acceptors (Lipinski definition) is 2. The molecule has 0 N–H and O–H groups in total. The van der Waals surface area contributed by atoms with Crippen molar-refractivity contribution < 1.29 is 21.9 Å². The Morgan fingerprint density at radius 2 is 1.50 bits per heavy atom. The van der Waals surface area contributed by atoms with E-state index in [0.29, 0.717) is 6.42 Å². The quantitative estimate of drug-likeness (QED) is 0.573. The van der Waals surface area contributed by atoms with Gasteiger partial charge in [-0.1, -0.05) is 6.92 Å². The molecule has 2 aliphatic carbocycles. The minimum atomic E-state index is 0. The van der Waals surface area contributed by atoms with Gasteiger partial charge < -0.3 is 0 Å². The molecule has 3 heteroatoms. The van der Waals surface area contributed by atoms with Crippen LogP contribution in [0.5, 0.6) is 0 Å². The Morgan fingerprint density at radius 1 is 1.00 bits per heavy atom. The van der Waals surface area contributed by atoms with E-state index in [1.165, 1.54) is 0 Å². The Hall–Kier alpha value is 0.539.